The number of nitrogens with zero attached hydrogens (tertiary/aromatic N) is 1. The molecule has 4 aromatic carbocycles. The quantitative estimate of drug-likeness (QED) is 0.282. The predicted octanol–water partition coefficient (Wildman–Crippen LogP) is 6.40. The minimum Gasteiger partial charge on any atom is -0.344 e. The minimum absolute atomic E-state index is 0.0119. The maximum atomic E-state index is 13.6. The first-order valence-corrected chi connectivity index (χ1v) is 13.4. The van der Waals surface area contributed by atoms with Gasteiger partial charge in [0.25, 0.3) is 10.0 Å². The molecule has 0 fully saturated rings. The lowest BCUT2D eigenvalue weighted by atomic mass is 9.98. The van der Waals surface area contributed by atoms with Crippen LogP contribution in [0.2, 0.25) is 10.0 Å². The van der Waals surface area contributed by atoms with Gasteiger partial charge in [-0.15, -0.1) is 0 Å². The molecule has 0 aliphatic heterocycles. The second-order valence-electron chi connectivity index (χ2n) is 8.27. The van der Waals surface area contributed by atoms with Gasteiger partial charge in [0.15, 0.2) is 0 Å². The van der Waals surface area contributed by atoms with E-state index in [0.29, 0.717) is 10.0 Å². The summed E-state index contributed by atoms with van der Waals surface area (Å²) < 4.78 is 28.3. The number of hydrogen-bond donors (Lipinski definition) is 1. The summed E-state index contributed by atoms with van der Waals surface area (Å²) in [6, 6.07) is 29.1. The number of amides is 1. The van der Waals surface area contributed by atoms with Crippen LogP contribution in [0.5, 0.6) is 0 Å². The van der Waals surface area contributed by atoms with Gasteiger partial charge in [-0.25, -0.2) is 8.42 Å². The molecule has 1 N–H and O–H groups in total. The average Bonchev–Trinajstić information content (AvgIpc) is 2.87. The van der Waals surface area contributed by atoms with Crippen LogP contribution in [0, 0.1) is 6.92 Å². The number of nitrogens with one attached hydrogen (secondary N) is 1. The van der Waals surface area contributed by atoms with E-state index < -0.39 is 28.5 Å². The molecule has 0 aromatic heterocycles. The monoisotopic (exact) mass is 538 g/mol. The summed E-state index contributed by atoms with van der Waals surface area (Å²) in [7, 11) is -4.10. The van der Waals surface area contributed by atoms with Crippen LogP contribution in [0.3, 0.4) is 0 Å². The number of hydrogen-bond acceptors (Lipinski definition) is 3. The van der Waals surface area contributed by atoms with E-state index in [1.807, 2.05) is 61.5 Å². The van der Waals surface area contributed by atoms with Gasteiger partial charge >= 0.3 is 0 Å². The Morgan fingerprint density at radius 3 is 2.08 bits per heavy atom. The van der Waals surface area contributed by atoms with Crippen molar-refractivity contribution in [1.29, 1.82) is 0 Å². The van der Waals surface area contributed by atoms with Crippen molar-refractivity contribution < 1.29 is 13.2 Å². The molecule has 4 aromatic rings. The molecule has 0 spiro atoms. The number of halogens is 2. The summed E-state index contributed by atoms with van der Waals surface area (Å²) in [5.74, 6) is -0.470. The third kappa shape index (κ3) is 6.08. The second-order valence-corrected chi connectivity index (χ2v) is 11.0. The van der Waals surface area contributed by atoms with E-state index in [0.717, 1.165) is 21.0 Å². The summed E-state index contributed by atoms with van der Waals surface area (Å²) in [6.45, 7) is 1.55. The zero-order valence-corrected chi connectivity index (χ0v) is 21.8. The van der Waals surface area contributed by atoms with Crippen LogP contribution in [0.1, 0.15) is 22.7 Å². The molecule has 0 aliphatic rings. The highest BCUT2D eigenvalue weighted by Gasteiger charge is 2.28. The van der Waals surface area contributed by atoms with Crippen molar-refractivity contribution >= 4 is 44.8 Å². The molecule has 0 aliphatic carbocycles. The Hall–Kier alpha value is -3.32. The average molecular weight is 539 g/mol. The van der Waals surface area contributed by atoms with Crippen molar-refractivity contribution in [1.82, 2.24) is 5.32 Å². The van der Waals surface area contributed by atoms with Crippen LogP contribution in [0.4, 0.5) is 5.69 Å². The van der Waals surface area contributed by atoms with Crippen molar-refractivity contribution in [2.24, 2.45) is 0 Å². The molecule has 0 heterocycles. The first-order valence-electron chi connectivity index (χ1n) is 11.2. The van der Waals surface area contributed by atoms with E-state index in [1.54, 1.807) is 18.2 Å². The van der Waals surface area contributed by atoms with Gasteiger partial charge in [-0.1, -0.05) is 89.4 Å². The van der Waals surface area contributed by atoms with Gasteiger partial charge in [-0.2, -0.15) is 0 Å². The fourth-order valence-corrected chi connectivity index (χ4v) is 5.50. The molecule has 0 saturated carbocycles. The van der Waals surface area contributed by atoms with Gasteiger partial charge in [0.05, 0.1) is 16.6 Å². The first-order chi connectivity index (χ1) is 17.2. The smallest absolute Gasteiger partial charge is 0.264 e. The molecular weight excluding hydrogens is 515 g/mol. The number of rotatable bonds is 8. The summed E-state index contributed by atoms with van der Waals surface area (Å²) in [6.07, 6.45) is 0. The highest BCUT2D eigenvalue weighted by molar-refractivity contribution is 7.92. The van der Waals surface area contributed by atoms with E-state index in [4.69, 9.17) is 23.2 Å². The summed E-state index contributed by atoms with van der Waals surface area (Å²) in [5, 5.41) is 3.78. The summed E-state index contributed by atoms with van der Waals surface area (Å²) in [4.78, 5) is 13.4. The molecule has 36 heavy (non-hydrogen) atoms. The zero-order chi connectivity index (χ0) is 25.7. The number of carbonyl (C=O) groups is 1. The van der Waals surface area contributed by atoms with Gasteiger partial charge < -0.3 is 5.32 Å². The van der Waals surface area contributed by atoms with Crippen molar-refractivity contribution in [2.45, 2.75) is 17.9 Å². The lowest BCUT2D eigenvalue weighted by Crippen LogP contribution is -2.42. The molecule has 1 amide bonds. The largest absolute Gasteiger partial charge is 0.344 e. The maximum Gasteiger partial charge on any atom is 0.264 e. The molecule has 4 rings (SSSR count). The van der Waals surface area contributed by atoms with Gasteiger partial charge in [-0.05, 0) is 60.5 Å². The number of sulfonamides is 1. The molecular formula is C28H24Cl2N2O3S. The molecule has 0 radical (unpaired) electrons. The molecule has 5 nitrogen and oxygen atoms in total. The maximum absolute atomic E-state index is 13.6. The Labute approximate surface area is 221 Å². The van der Waals surface area contributed by atoms with Crippen LogP contribution in [-0.2, 0) is 14.8 Å². The third-order valence-corrected chi connectivity index (χ3v) is 7.91. The van der Waals surface area contributed by atoms with E-state index >= 15 is 0 Å². The second kappa shape index (κ2) is 11.2. The van der Waals surface area contributed by atoms with E-state index in [-0.39, 0.29) is 10.6 Å². The highest BCUT2D eigenvalue weighted by Crippen LogP contribution is 2.28. The summed E-state index contributed by atoms with van der Waals surface area (Å²) >= 11 is 12.1. The predicted molar refractivity (Wildman–Crippen MR) is 145 cm³/mol. The van der Waals surface area contributed by atoms with Crippen molar-refractivity contribution in [3.8, 4) is 0 Å². The van der Waals surface area contributed by atoms with E-state index in [2.05, 4.69) is 5.32 Å². The highest BCUT2D eigenvalue weighted by atomic mass is 35.5. The lowest BCUT2D eigenvalue weighted by Gasteiger charge is -2.26. The van der Waals surface area contributed by atoms with Crippen LogP contribution < -0.4 is 9.62 Å². The number of benzene rings is 4. The number of aryl methyl sites for hydroxylation is 1. The molecule has 184 valence electrons. The topological polar surface area (TPSA) is 66.5 Å². The molecule has 0 unspecified atom stereocenters. The van der Waals surface area contributed by atoms with Crippen LogP contribution >= 0.6 is 23.2 Å². The zero-order valence-electron chi connectivity index (χ0n) is 19.4. The van der Waals surface area contributed by atoms with Crippen LogP contribution in [0.15, 0.2) is 108 Å². The standard InChI is InChI=1S/C28H24Cl2N2O3S/c1-20-10-12-22(13-11-20)28(21-6-3-2-4-7-21)31-27(33)19-32(25-9-5-8-24(30)18-25)36(34,35)26-16-14-23(29)15-17-26/h2-18,28H,19H2,1H3,(H,31,33)/t28-/m1/s1. The molecule has 0 bridgehead atoms. The van der Waals surface area contributed by atoms with Gasteiger partial charge in [0, 0.05) is 10.0 Å². The van der Waals surface area contributed by atoms with E-state index in [9.17, 15) is 13.2 Å². The Morgan fingerprint density at radius 1 is 0.806 bits per heavy atom. The van der Waals surface area contributed by atoms with Crippen LogP contribution in [0.25, 0.3) is 0 Å². The number of carbonyl (C=O) groups excluding carboxylic acids is 1. The Kier molecular flexibility index (Phi) is 7.99. The van der Waals surface area contributed by atoms with Crippen molar-refractivity contribution in [3.05, 3.63) is 130 Å². The Balaban J connectivity index is 1.68. The van der Waals surface area contributed by atoms with Crippen molar-refractivity contribution in [2.75, 3.05) is 10.8 Å². The number of anilines is 1. The third-order valence-electron chi connectivity index (χ3n) is 5.63. The van der Waals surface area contributed by atoms with Gasteiger partial charge in [0.1, 0.15) is 6.54 Å². The normalized spacial score (nSPS) is 12.1. The fourth-order valence-electron chi connectivity index (χ4n) is 3.78. The van der Waals surface area contributed by atoms with Gasteiger partial charge in [0.2, 0.25) is 5.91 Å². The lowest BCUT2D eigenvalue weighted by molar-refractivity contribution is -0.120. The minimum atomic E-state index is -4.10. The SMILES string of the molecule is Cc1ccc([C@H](NC(=O)CN(c2cccc(Cl)c2)S(=O)(=O)c2ccc(Cl)cc2)c2ccccc2)cc1. The Bertz CT molecular complexity index is 1440. The van der Waals surface area contributed by atoms with Crippen molar-refractivity contribution in [3.63, 3.8) is 0 Å². The molecule has 8 heteroatoms. The summed E-state index contributed by atoms with van der Waals surface area (Å²) in [5.41, 5.74) is 3.14. The fraction of sp³-hybridized carbons (Fsp3) is 0.107. The first kappa shape index (κ1) is 25.8. The van der Waals surface area contributed by atoms with Gasteiger partial charge in [-0.3, -0.25) is 9.10 Å². The Morgan fingerprint density at radius 2 is 1.44 bits per heavy atom. The molecule has 0 saturated heterocycles. The van der Waals surface area contributed by atoms with Crippen LogP contribution in [-0.4, -0.2) is 20.9 Å². The molecule has 1 atom stereocenters. The van der Waals surface area contributed by atoms with E-state index in [1.165, 1.54) is 30.3 Å².